The predicted molar refractivity (Wildman–Crippen MR) is 294 cm³/mol. The maximum absolute atomic E-state index is 2.39. The summed E-state index contributed by atoms with van der Waals surface area (Å²) in [6, 6.07) is 58.1. The van der Waals surface area contributed by atoms with Crippen LogP contribution in [-0.2, 0) is 0 Å². The maximum atomic E-state index is 2.39. The summed E-state index contributed by atoms with van der Waals surface area (Å²) in [5.74, 6) is 0. The highest BCUT2D eigenvalue weighted by molar-refractivity contribution is 6.00. The fourth-order valence-corrected chi connectivity index (χ4v) is 4.91. The molecular weight excluding hydrogens is 735 g/mol. The predicted octanol–water partition coefficient (Wildman–Crippen LogP) is 22.5. The number of benzene rings is 6. The first-order chi connectivity index (χ1) is 30.4. The van der Waals surface area contributed by atoms with E-state index in [9.17, 15) is 0 Å². The van der Waals surface area contributed by atoms with E-state index in [1.807, 2.05) is 166 Å². The maximum Gasteiger partial charge on any atom is 0.0618 e. The van der Waals surface area contributed by atoms with Crippen molar-refractivity contribution in [2.45, 2.75) is 166 Å². The fraction of sp³-hybridized carbons (Fsp3) is 0.400. The van der Waals surface area contributed by atoms with Gasteiger partial charge in [-0.2, -0.15) is 0 Å². The van der Waals surface area contributed by atoms with Crippen molar-refractivity contribution in [3.05, 3.63) is 164 Å². The second kappa shape index (κ2) is 59.4. The van der Waals surface area contributed by atoms with Gasteiger partial charge < -0.3 is 4.90 Å². The highest BCUT2D eigenvalue weighted by Gasteiger charge is 2.23. The lowest BCUT2D eigenvalue weighted by Gasteiger charge is -2.31. The topological polar surface area (TPSA) is 3.24 Å². The van der Waals surface area contributed by atoms with Crippen LogP contribution in [-0.4, -0.2) is 0 Å². The molecule has 6 aromatic rings. The molecule has 0 unspecified atom stereocenters. The van der Waals surface area contributed by atoms with E-state index in [2.05, 4.69) is 169 Å². The Balaban J connectivity index is -0.000000211. The van der Waals surface area contributed by atoms with E-state index in [0.717, 1.165) is 17.1 Å². The molecule has 0 bridgehead atoms. The summed E-state index contributed by atoms with van der Waals surface area (Å²) in [5, 5.41) is 0. The summed E-state index contributed by atoms with van der Waals surface area (Å²) in [6.07, 6.45) is 0. The van der Waals surface area contributed by atoms with Gasteiger partial charge in [0.15, 0.2) is 0 Å². The van der Waals surface area contributed by atoms with Crippen molar-refractivity contribution in [3.63, 3.8) is 0 Å². The number of anilines is 3. The van der Waals surface area contributed by atoms with Crippen molar-refractivity contribution in [2.24, 2.45) is 0 Å². The van der Waals surface area contributed by atoms with Crippen molar-refractivity contribution >= 4 is 17.1 Å². The summed E-state index contributed by atoms with van der Waals surface area (Å²) in [6.45, 7) is 48.0. The number of hydrogen-bond acceptors (Lipinski definition) is 1. The van der Waals surface area contributed by atoms with Gasteiger partial charge in [-0.05, 0) is 58.7 Å². The van der Waals surface area contributed by atoms with Crippen molar-refractivity contribution in [1.82, 2.24) is 0 Å². The summed E-state index contributed by atoms with van der Waals surface area (Å²) in [4.78, 5) is 2.39. The van der Waals surface area contributed by atoms with Crippen molar-refractivity contribution in [1.29, 1.82) is 0 Å². The monoisotopic (exact) mass is 834 g/mol. The van der Waals surface area contributed by atoms with E-state index in [-0.39, 0.29) is 0 Å². The molecule has 1 nitrogen and oxygen atoms in total. The molecule has 344 valence electrons. The van der Waals surface area contributed by atoms with Crippen LogP contribution in [0, 0.1) is 0 Å². The molecule has 0 saturated carbocycles. The zero-order chi connectivity index (χ0) is 48.9. The van der Waals surface area contributed by atoms with Crippen molar-refractivity contribution in [2.75, 3.05) is 4.90 Å². The number of rotatable bonds is 6. The van der Waals surface area contributed by atoms with Gasteiger partial charge in [-0.15, -0.1) is 0 Å². The minimum absolute atomic E-state index is 1.12. The summed E-state index contributed by atoms with van der Waals surface area (Å²) >= 11 is 0. The first kappa shape index (κ1) is 70.7. The Hall–Kier alpha value is -4.88. The molecule has 0 atom stereocenters. The van der Waals surface area contributed by atoms with Crippen LogP contribution < -0.4 is 4.90 Å². The van der Waals surface area contributed by atoms with Crippen LogP contribution in [0.1, 0.15) is 166 Å². The average molecular weight is 834 g/mol. The first-order valence-corrected chi connectivity index (χ1v) is 24.6. The number of para-hydroxylation sites is 2. The van der Waals surface area contributed by atoms with Gasteiger partial charge >= 0.3 is 0 Å². The van der Waals surface area contributed by atoms with Crippen molar-refractivity contribution in [3.8, 4) is 33.4 Å². The average Bonchev–Trinajstić information content (AvgIpc) is 3.42. The normalized spacial score (nSPS) is 7.67. The fourth-order valence-electron chi connectivity index (χ4n) is 4.91. The molecule has 0 saturated heterocycles. The van der Waals surface area contributed by atoms with E-state index in [1.165, 1.54) is 33.4 Å². The van der Waals surface area contributed by atoms with E-state index < -0.39 is 0 Å². The number of nitrogens with zero attached hydrogens (tertiary/aromatic N) is 1. The van der Waals surface area contributed by atoms with Gasteiger partial charge in [-0.1, -0.05) is 294 Å². The molecule has 61 heavy (non-hydrogen) atoms. The van der Waals surface area contributed by atoms with Crippen molar-refractivity contribution < 1.29 is 0 Å². The molecular formula is C60H99N. The van der Waals surface area contributed by atoms with Crippen LogP contribution in [0.4, 0.5) is 17.1 Å². The van der Waals surface area contributed by atoms with Crippen LogP contribution in [0.2, 0.25) is 0 Å². The third kappa shape index (κ3) is 27.6. The smallest absolute Gasteiger partial charge is 0.0618 e. The van der Waals surface area contributed by atoms with E-state index in [4.69, 9.17) is 0 Å². The Kier molecular flexibility index (Phi) is 68.9. The van der Waals surface area contributed by atoms with Gasteiger partial charge in [-0.3, -0.25) is 0 Å². The molecule has 0 spiro atoms. The molecule has 6 aromatic carbocycles. The quantitative estimate of drug-likeness (QED) is 0.162. The van der Waals surface area contributed by atoms with Gasteiger partial charge in [0.2, 0.25) is 0 Å². The lowest BCUT2D eigenvalue weighted by molar-refractivity contribution is 1.28. The molecule has 1 heteroatoms. The largest absolute Gasteiger partial charge is 0.309 e. The van der Waals surface area contributed by atoms with Gasteiger partial charge in [0, 0.05) is 22.5 Å². The highest BCUT2D eigenvalue weighted by Crippen LogP contribution is 2.48. The van der Waals surface area contributed by atoms with E-state index in [0.29, 0.717) is 0 Å². The van der Waals surface area contributed by atoms with Gasteiger partial charge in [-0.25, -0.2) is 0 Å². The lowest BCUT2D eigenvalue weighted by atomic mass is 9.90. The molecule has 0 aliphatic rings. The van der Waals surface area contributed by atoms with E-state index >= 15 is 0 Å². The Bertz CT molecular complexity index is 1480. The molecule has 0 amide bonds. The zero-order valence-electron chi connectivity index (χ0n) is 44.5. The SMILES string of the molecule is CC.CC.CC.CC.CC.CC.CC.CC.CC.CC.CC.CC.c1ccc(-c2cc(-c3ccccc3)c(N(c3ccccc3)c3ccccc3)c(-c3ccccc3)c2)cc1. The Morgan fingerprint density at radius 3 is 0.639 bits per heavy atom. The second-order valence-electron chi connectivity index (χ2n) is 9.02. The van der Waals surface area contributed by atoms with Gasteiger partial charge in [0.1, 0.15) is 0 Å². The standard InChI is InChI=1S/C36H27N.12C2H6/c1-6-16-28(17-7-1)31-26-34(29-18-8-2-9-19-29)36(35(27-31)30-20-10-3-11-21-30)37(32-22-12-4-13-23-32)33-24-14-5-15-25-33;12*1-2/h1-27H;12*1-2H3. The molecule has 0 N–H and O–H groups in total. The first-order valence-electron chi connectivity index (χ1n) is 24.6. The highest BCUT2D eigenvalue weighted by atomic mass is 15.1. The van der Waals surface area contributed by atoms with Crippen LogP contribution in [0.5, 0.6) is 0 Å². The van der Waals surface area contributed by atoms with Gasteiger partial charge in [0.25, 0.3) is 0 Å². The molecule has 0 heterocycles. The third-order valence-electron chi connectivity index (χ3n) is 6.64. The molecule has 6 rings (SSSR count). The zero-order valence-corrected chi connectivity index (χ0v) is 44.5. The summed E-state index contributed by atoms with van der Waals surface area (Å²) in [5.41, 5.74) is 10.5. The molecule has 0 aromatic heterocycles. The summed E-state index contributed by atoms with van der Waals surface area (Å²) < 4.78 is 0. The van der Waals surface area contributed by atoms with Crippen LogP contribution in [0.25, 0.3) is 33.4 Å². The molecule has 0 fully saturated rings. The lowest BCUT2D eigenvalue weighted by Crippen LogP contribution is -2.12. The number of hydrogen-bond donors (Lipinski definition) is 0. The Morgan fingerprint density at radius 1 is 0.213 bits per heavy atom. The van der Waals surface area contributed by atoms with Gasteiger partial charge in [0.05, 0.1) is 5.69 Å². The molecule has 0 aliphatic carbocycles. The third-order valence-corrected chi connectivity index (χ3v) is 6.64. The Labute approximate surface area is 383 Å². The summed E-state index contributed by atoms with van der Waals surface area (Å²) in [7, 11) is 0. The second-order valence-corrected chi connectivity index (χ2v) is 9.02. The molecule has 0 radical (unpaired) electrons. The van der Waals surface area contributed by atoms with Crippen LogP contribution >= 0.6 is 0 Å². The minimum Gasteiger partial charge on any atom is -0.309 e. The molecule has 0 aliphatic heterocycles. The van der Waals surface area contributed by atoms with E-state index in [1.54, 1.807) is 0 Å². The van der Waals surface area contributed by atoms with Crippen LogP contribution in [0.3, 0.4) is 0 Å². The minimum atomic E-state index is 1.12. The van der Waals surface area contributed by atoms with Crippen LogP contribution in [0.15, 0.2) is 164 Å². The Morgan fingerprint density at radius 2 is 0.410 bits per heavy atom.